The minimum atomic E-state index is -4.42. The summed E-state index contributed by atoms with van der Waals surface area (Å²) in [6.07, 6.45) is 0.574. The molecule has 2 aromatic carbocycles. The molecular formula is C18H19ClF2N2O4S. The summed E-state index contributed by atoms with van der Waals surface area (Å²) in [6, 6.07) is 4.29. The van der Waals surface area contributed by atoms with Gasteiger partial charge in [0.25, 0.3) is 10.0 Å². The van der Waals surface area contributed by atoms with Crippen molar-refractivity contribution in [3.63, 3.8) is 0 Å². The molecule has 152 valence electrons. The molecule has 0 amide bonds. The van der Waals surface area contributed by atoms with Crippen molar-refractivity contribution in [3.8, 4) is 11.5 Å². The van der Waals surface area contributed by atoms with Gasteiger partial charge in [0.2, 0.25) is 0 Å². The zero-order valence-corrected chi connectivity index (χ0v) is 17.0. The van der Waals surface area contributed by atoms with Crippen LogP contribution < -0.4 is 14.2 Å². The van der Waals surface area contributed by atoms with Gasteiger partial charge < -0.3 is 14.4 Å². The normalized spacial score (nSPS) is 16.5. The van der Waals surface area contributed by atoms with Crippen LogP contribution in [0.5, 0.6) is 11.5 Å². The van der Waals surface area contributed by atoms with Crippen molar-refractivity contribution < 1.29 is 26.7 Å². The molecule has 0 spiro atoms. The maximum Gasteiger partial charge on any atom is 0.265 e. The molecule has 1 heterocycles. The number of likely N-dealkylation sites (N-methyl/N-ethyl adjacent to an activating group) is 1. The second kappa shape index (κ2) is 7.73. The fraction of sp³-hybridized carbons (Fsp3) is 0.333. The van der Waals surface area contributed by atoms with Gasteiger partial charge in [-0.2, -0.15) is 0 Å². The highest BCUT2D eigenvalue weighted by atomic mass is 35.5. The van der Waals surface area contributed by atoms with Gasteiger partial charge in [0.15, 0.2) is 0 Å². The maximum absolute atomic E-state index is 14.1. The lowest BCUT2D eigenvalue weighted by atomic mass is 10.00. The van der Waals surface area contributed by atoms with Crippen molar-refractivity contribution >= 4 is 27.3 Å². The van der Waals surface area contributed by atoms with Crippen LogP contribution in [0.15, 0.2) is 29.2 Å². The van der Waals surface area contributed by atoms with E-state index in [0.717, 1.165) is 0 Å². The van der Waals surface area contributed by atoms with Gasteiger partial charge in [-0.05, 0) is 44.8 Å². The quantitative estimate of drug-likeness (QED) is 0.734. The van der Waals surface area contributed by atoms with E-state index in [2.05, 4.69) is 4.72 Å². The van der Waals surface area contributed by atoms with E-state index in [-0.39, 0.29) is 11.7 Å². The number of sulfonamides is 1. The lowest BCUT2D eigenvalue weighted by Gasteiger charge is -2.32. The van der Waals surface area contributed by atoms with Gasteiger partial charge in [0, 0.05) is 11.6 Å². The number of hydrogen-bond donors (Lipinski definition) is 1. The number of nitrogens with one attached hydrogen (secondary N) is 1. The first-order valence-electron chi connectivity index (χ1n) is 8.30. The second-order valence-corrected chi connectivity index (χ2v) is 8.62. The largest absolute Gasteiger partial charge is 0.496 e. The van der Waals surface area contributed by atoms with Gasteiger partial charge in [-0.3, -0.25) is 4.72 Å². The van der Waals surface area contributed by atoms with E-state index >= 15 is 0 Å². The predicted octanol–water partition coefficient (Wildman–Crippen LogP) is 3.29. The standard InChI is InChI=1S/C18H19ClF2N2O4S/c1-23(2)10-6-11-16(26-3)5-4-15(18(11)27-9-10)22-28(24,25)17-8-13(20)12(19)7-14(17)21/h4-5,7-8,10,22H,6,9H2,1-3H3/t10-/m1/s1. The van der Waals surface area contributed by atoms with Crippen molar-refractivity contribution in [2.45, 2.75) is 17.4 Å². The Morgan fingerprint density at radius 1 is 1.25 bits per heavy atom. The monoisotopic (exact) mass is 432 g/mol. The third-order valence-corrected chi connectivity index (χ3v) is 6.21. The number of benzene rings is 2. The summed E-state index contributed by atoms with van der Waals surface area (Å²) in [5.41, 5.74) is 0.804. The number of methoxy groups -OCH3 is 1. The molecule has 0 saturated heterocycles. The summed E-state index contributed by atoms with van der Waals surface area (Å²) in [4.78, 5) is 1.14. The second-order valence-electron chi connectivity index (χ2n) is 6.56. The van der Waals surface area contributed by atoms with Crippen LogP contribution in [0.3, 0.4) is 0 Å². The summed E-state index contributed by atoms with van der Waals surface area (Å²) < 4.78 is 66.5. The van der Waals surface area contributed by atoms with Gasteiger partial charge >= 0.3 is 0 Å². The summed E-state index contributed by atoms with van der Waals surface area (Å²) in [7, 11) is 0.909. The van der Waals surface area contributed by atoms with Crippen LogP contribution in [0.4, 0.5) is 14.5 Å². The molecule has 0 saturated carbocycles. The summed E-state index contributed by atoms with van der Waals surface area (Å²) in [6.45, 7) is 0.339. The van der Waals surface area contributed by atoms with Crippen LogP contribution in [0.2, 0.25) is 5.02 Å². The molecule has 0 aliphatic carbocycles. The smallest absolute Gasteiger partial charge is 0.265 e. The Morgan fingerprint density at radius 2 is 1.96 bits per heavy atom. The van der Waals surface area contributed by atoms with E-state index in [4.69, 9.17) is 21.1 Å². The highest BCUT2D eigenvalue weighted by Crippen LogP contribution is 2.40. The van der Waals surface area contributed by atoms with Crippen molar-refractivity contribution in [3.05, 3.63) is 46.5 Å². The topological polar surface area (TPSA) is 67.9 Å². The van der Waals surface area contributed by atoms with E-state index in [1.807, 2.05) is 19.0 Å². The molecule has 1 atom stereocenters. The molecule has 2 aromatic rings. The Hall–Kier alpha value is -2.10. The number of hydrogen-bond acceptors (Lipinski definition) is 5. The number of rotatable bonds is 5. The van der Waals surface area contributed by atoms with Crippen molar-refractivity contribution in [1.29, 1.82) is 0 Å². The molecular weight excluding hydrogens is 414 g/mol. The summed E-state index contributed by atoms with van der Waals surface area (Å²) >= 11 is 5.50. The van der Waals surface area contributed by atoms with Crippen LogP contribution in [0.1, 0.15) is 5.56 Å². The first-order valence-corrected chi connectivity index (χ1v) is 10.2. The zero-order chi connectivity index (χ0) is 20.6. The Morgan fingerprint density at radius 3 is 2.61 bits per heavy atom. The van der Waals surface area contributed by atoms with Crippen LogP contribution in [0, 0.1) is 11.6 Å². The molecule has 1 N–H and O–H groups in total. The SMILES string of the molecule is COc1ccc(NS(=O)(=O)c2cc(F)c(Cl)cc2F)c2c1C[C@@H](N(C)C)CO2. The Balaban J connectivity index is 2.02. The molecule has 0 aromatic heterocycles. The lowest BCUT2D eigenvalue weighted by Crippen LogP contribution is -2.38. The van der Waals surface area contributed by atoms with E-state index in [1.165, 1.54) is 13.2 Å². The minimum absolute atomic E-state index is 0.0797. The number of halogens is 3. The van der Waals surface area contributed by atoms with Gasteiger partial charge in [-0.1, -0.05) is 11.6 Å². The maximum atomic E-state index is 14.1. The van der Waals surface area contributed by atoms with Crippen LogP contribution in [0.25, 0.3) is 0 Å². The molecule has 0 radical (unpaired) electrons. The lowest BCUT2D eigenvalue weighted by molar-refractivity contribution is 0.164. The van der Waals surface area contributed by atoms with Crippen LogP contribution >= 0.6 is 11.6 Å². The van der Waals surface area contributed by atoms with Crippen LogP contribution in [-0.4, -0.2) is 47.2 Å². The average Bonchev–Trinajstić information content (AvgIpc) is 2.64. The molecule has 0 unspecified atom stereocenters. The van der Waals surface area contributed by atoms with E-state index in [9.17, 15) is 17.2 Å². The van der Waals surface area contributed by atoms with Gasteiger partial charge in [-0.15, -0.1) is 0 Å². The van der Waals surface area contributed by atoms with Crippen molar-refractivity contribution in [1.82, 2.24) is 4.90 Å². The molecule has 10 heteroatoms. The van der Waals surface area contributed by atoms with Crippen molar-refractivity contribution in [2.24, 2.45) is 0 Å². The average molecular weight is 433 g/mol. The molecule has 6 nitrogen and oxygen atoms in total. The molecule has 1 aliphatic rings. The molecule has 0 fully saturated rings. The fourth-order valence-corrected chi connectivity index (χ4v) is 4.24. The summed E-state index contributed by atoms with van der Waals surface area (Å²) in [5.74, 6) is -1.34. The Labute approximate surface area is 167 Å². The summed E-state index contributed by atoms with van der Waals surface area (Å²) in [5, 5.41) is -0.503. The van der Waals surface area contributed by atoms with E-state index < -0.39 is 31.6 Å². The molecule has 1 aliphatic heterocycles. The number of nitrogens with zero attached hydrogens (tertiary/aromatic N) is 1. The minimum Gasteiger partial charge on any atom is -0.496 e. The highest BCUT2D eigenvalue weighted by Gasteiger charge is 2.29. The Bertz CT molecular complexity index is 1020. The number of fused-ring (bicyclic) bond motifs is 1. The third kappa shape index (κ3) is 3.87. The van der Waals surface area contributed by atoms with Gasteiger partial charge in [-0.25, -0.2) is 17.2 Å². The van der Waals surface area contributed by atoms with Crippen LogP contribution in [-0.2, 0) is 16.4 Å². The molecule has 3 rings (SSSR count). The molecule has 28 heavy (non-hydrogen) atoms. The van der Waals surface area contributed by atoms with E-state index in [1.54, 1.807) is 6.07 Å². The number of ether oxygens (including phenoxy) is 2. The zero-order valence-electron chi connectivity index (χ0n) is 15.4. The molecule has 0 bridgehead atoms. The highest BCUT2D eigenvalue weighted by molar-refractivity contribution is 7.92. The first kappa shape index (κ1) is 20.6. The number of anilines is 1. The van der Waals surface area contributed by atoms with E-state index in [0.29, 0.717) is 42.2 Å². The Kier molecular flexibility index (Phi) is 5.69. The van der Waals surface area contributed by atoms with Crippen molar-refractivity contribution in [2.75, 3.05) is 32.5 Å². The predicted molar refractivity (Wildman–Crippen MR) is 102 cm³/mol. The first-order chi connectivity index (χ1) is 13.1. The van der Waals surface area contributed by atoms with Gasteiger partial charge in [0.05, 0.1) is 17.8 Å². The third-order valence-electron chi connectivity index (χ3n) is 4.54. The fourth-order valence-electron chi connectivity index (χ4n) is 2.96. The van der Waals surface area contributed by atoms with Gasteiger partial charge in [0.1, 0.15) is 34.6 Å².